The molecule has 2 aromatic rings. The first-order valence-corrected chi connectivity index (χ1v) is 13.2. The third kappa shape index (κ3) is 7.64. The zero-order valence-electron chi connectivity index (χ0n) is 19.5. The lowest BCUT2D eigenvalue weighted by molar-refractivity contribution is 0.0951. The highest BCUT2D eigenvalue weighted by atomic mass is 32.2. The third-order valence-electron chi connectivity index (χ3n) is 5.93. The highest BCUT2D eigenvalue weighted by Crippen LogP contribution is 2.25. The number of unbranched alkanes of at least 4 members (excludes halogenated alkanes) is 1. The van der Waals surface area contributed by atoms with Gasteiger partial charge in [0.2, 0.25) is 16.0 Å². The fourth-order valence-corrected chi connectivity index (χ4v) is 4.32. The van der Waals surface area contributed by atoms with E-state index in [4.69, 9.17) is 5.14 Å². The number of anilines is 2. The summed E-state index contributed by atoms with van der Waals surface area (Å²) in [4.78, 5) is 21.8. The van der Waals surface area contributed by atoms with E-state index >= 15 is 0 Å². The normalized spacial score (nSPS) is 18.3. The number of nitrogens with one attached hydrogen (secondary N) is 3. The molecule has 186 valence electrons. The smallest absolute Gasteiger partial charge is 0.256 e. The highest BCUT2D eigenvalue weighted by Gasteiger charge is 2.21. The first kappa shape index (κ1) is 25.9. The molecule has 1 saturated carbocycles. The molecular weight excluding hydrogens is 456 g/mol. The molecule has 3 rings (SSSR count). The molecule has 0 saturated heterocycles. The number of carbonyl (C=O) groups excluding carboxylic acids is 1. The van der Waals surface area contributed by atoms with E-state index in [0.29, 0.717) is 29.8 Å². The van der Waals surface area contributed by atoms with E-state index in [1.165, 1.54) is 18.3 Å². The summed E-state index contributed by atoms with van der Waals surface area (Å²) in [5, 5.41) is 24.2. The van der Waals surface area contributed by atoms with E-state index in [2.05, 4.69) is 32.8 Å². The Balaban J connectivity index is 1.67. The van der Waals surface area contributed by atoms with Gasteiger partial charge in [0.05, 0.1) is 11.0 Å². The Morgan fingerprint density at radius 2 is 1.85 bits per heavy atom. The zero-order chi connectivity index (χ0) is 24.6. The highest BCUT2D eigenvalue weighted by molar-refractivity contribution is 7.89. The van der Waals surface area contributed by atoms with Gasteiger partial charge in [-0.25, -0.2) is 18.5 Å². The number of carbonyl (C=O) groups is 1. The average Bonchev–Trinajstić information content (AvgIpc) is 2.82. The lowest BCUT2D eigenvalue weighted by Gasteiger charge is -2.26. The second-order valence-electron chi connectivity index (χ2n) is 8.66. The number of nitrogens with zero attached hydrogens (tertiary/aromatic N) is 2. The van der Waals surface area contributed by atoms with Crippen molar-refractivity contribution in [1.82, 2.24) is 15.3 Å². The number of hydrogen-bond donors (Lipinski definition) is 5. The number of aromatic nitrogens is 2. The number of aliphatic hydroxyl groups excluding tert-OH is 1. The molecule has 0 unspecified atom stereocenters. The van der Waals surface area contributed by atoms with Crippen LogP contribution >= 0.6 is 0 Å². The number of benzene rings is 1. The van der Waals surface area contributed by atoms with Crippen molar-refractivity contribution in [2.75, 3.05) is 23.7 Å². The van der Waals surface area contributed by atoms with Gasteiger partial charge in [0.15, 0.2) is 0 Å². The minimum Gasteiger partial charge on any atom is -0.393 e. The number of amides is 1. The second kappa shape index (κ2) is 12.1. The summed E-state index contributed by atoms with van der Waals surface area (Å²) in [6.07, 6.45) is 6.76. The molecule has 1 fully saturated rings. The fraction of sp³-hybridized carbons (Fsp3) is 0.522. The van der Waals surface area contributed by atoms with E-state index in [9.17, 15) is 18.3 Å². The van der Waals surface area contributed by atoms with Gasteiger partial charge in [-0.3, -0.25) is 4.79 Å². The van der Waals surface area contributed by atoms with Gasteiger partial charge in [-0.2, -0.15) is 4.98 Å². The van der Waals surface area contributed by atoms with Crippen molar-refractivity contribution in [2.45, 2.75) is 63.0 Å². The number of sulfonamides is 1. The monoisotopic (exact) mass is 490 g/mol. The van der Waals surface area contributed by atoms with Crippen LogP contribution in [-0.2, 0) is 16.6 Å². The maximum atomic E-state index is 12.9. The third-order valence-corrected chi connectivity index (χ3v) is 6.86. The van der Waals surface area contributed by atoms with Gasteiger partial charge in [-0.15, -0.1) is 0 Å². The molecule has 1 aromatic heterocycles. The standard InChI is InChI=1S/C23H34N6O4S/c1-2-3-12-25-23-28-15-20(21(29-23)26-13-16-4-8-18(30)9-5-16)22(31)27-14-17-6-10-19(11-7-17)34(24,32)33/h6-7,10-11,15-16,18,30H,2-5,8-9,12-14H2,1H3,(H,27,31)(H2,24,32,33)(H2,25,26,28,29). The van der Waals surface area contributed by atoms with Crippen molar-refractivity contribution in [3.8, 4) is 0 Å². The van der Waals surface area contributed by atoms with Crippen LogP contribution in [-0.4, -0.2) is 48.6 Å². The van der Waals surface area contributed by atoms with Crippen LogP contribution < -0.4 is 21.1 Å². The molecule has 1 aliphatic rings. The minimum absolute atomic E-state index is 0.0175. The second-order valence-corrected chi connectivity index (χ2v) is 10.2. The van der Waals surface area contributed by atoms with E-state index in [1.807, 2.05) is 0 Å². The molecule has 0 bridgehead atoms. The quantitative estimate of drug-likeness (QED) is 0.300. The lowest BCUT2D eigenvalue weighted by Crippen LogP contribution is -2.27. The van der Waals surface area contributed by atoms with Crippen LogP contribution in [0.5, 0.6) is 0 Å². The van der Waals surface area contributed by atoms with Gasteiger partial charge >= 0.3 is 0 Å². The van der Waals surface area contributed by atoms with Crippen LogP contribution in [0, 0.1) is 5.92 Å². The lowest BCUT2D eigenvalue weighted by atomic mass is 9.87. The predicted molar refractivity (Wildman–Crippen MR) is 131 cm³/mol. The molecule has 1 amide bonds. The molecule has 0 aliphatic heterocycles. The maximum Gasteiger partial charge on any atom is 0.256 e. The van der Waals surface area contributed by atoms with Gasteiger partial charge in [0, 0.05) is 25.8 Å². The Morgan fingerprint density at radius 3 is 2.50 bits per heavy atom. The molecule has 1 aliphatic carbocycles. The number of hydrogen-bond acceptors (Lipinski definition) is 8. The van der Waals surface area contributed by atoms with Crippen molar-refractivity contribution in [3.63, 3.8) is 0 Å². The van der Waals surface area contributed by atoms with Gasteiger partial charge in [0.1, 0.15) is 11.4 Å². The number of nitrogens with two attached hydrogens (primary N) is 1. The van der Waals surface area contributed by atoms with Gasteiger partial charge < -0.3 is 21.1 Å². The predicted octanol–water partition coefficient (Wildman–Crippen LogP) is 2.23. The molecule has 6 N–H and O–H groups in total. The van der Waals surface area contributed by atoms with Crippen molar-refractivity contribution >= 4 is 27.7 Å². The van der Waals surface area contributed by atoms with Crippen LogP contribution in [0.1, 0.15) is 61.4 Å². The Morgan fingerprint density at radius 1 is 1.15 bits per heavy atom. The first-order chi connectivity index (χ1) is 16.3. The Bertz CT molecular complexity index is 1050. The summed E-state index contributed by atoms with van der Waals surface area (Å²) in [5.41, 5.74) is 1.06. The maximum absolute atomic E-state index is 12.9. The van der Waals surface area contributed by atoms with Gasteiger partial charge in [-0.05, 0) is 55.7 Å². The Hall–Kier alpha value is -2.76. The average molecular weight is 491 g/mol. The first-order valence-electron chi connectivity index (χ1n) is 11.7. The molecule has 1 heterocycles. The number of primary sulfonamides is 1. The molecule has 10 nitrogen and oxygen atoms in total. The number of aliphatic hydroxyl groups is 1. The summed E-state index contributed by atoms with van der Waals surface area (Å²) in [5.74, 6) is 0.993. The van der Waals surface area contributed by atoms with Gasteiger partial charge in [0.25, 0.3) is 5.91 Å². The van der Waals surface area contributed by atoms with Crippen LogP contribution in [0.15, 0.2) is 35.4 Å². The van der Waals surface area contributed by atoms with E-state index in [1.54, 1.807) is 12.1 Å². The molecule has 0 atom stereocenters. The van der Waals surface area contributed by atoms with Gasteiger partial charge in [-0.1, -0.05) is 25.5 Å². The molecular formula is C23H34N6O4S. The summed E-state index contributed by atoms with van der Waals surface area (Å²) in [6.45, 7) is 3.72. The van der Waals surface area contributed by atoms with Crippen LogP contribution in [0.25, 0.3) is 0 Å². The summed E-state index contributed by atoms with van der Waals surface area (Å²) in [7, 11) is -3.76. The van der Waals surface area contributed by atoms with Crippen LogP contribution in [0.3, 0.4) is 0 Å². The van der Waals surface area contributed by atoms with Crippen molar-refractivity contribution in [1.29, 1.82) is 0 Å². The van der Waals surface area contributed by atoms with E-state index in [-0.39, 0.29) is 23.5 Å². The largest absolute Gasteiger partial charge is 0.393 e. The molecule has 0 radical (unpaired) electrons. The molecule has 11 heteroatoms. The van der Waals surface area contributed by atoms with Crippen LogP contribution in [0.2, 0.25) is 0 Å². The zero-order valence-corrected chi connectivity index (χ0v) is 20.3. The van der Waals surface area contributed by atoms with Crippen molar-refractivity contribution in [3.05, 3.63) is 41.6 Å². The Labute approximate surface area is 200 Å². The van der Waals surface area contributed by atoms with E-state index in [0.717, 1.165) is 50.6 Å². The molecule has 0 spiro atoms. The van der Waals surface area contributed by atoms with Crippen LogP contribution in [0.4, 0.5) is 11.8 Å². The SMILES string of the molecule is CCCCNc1ncc(C(=O)NCc2ccc(S(N)(=O)=O)cc2)c(NCC2CCC(O)CC2)n1. The summed E-state index contributed by atoms with van der Waals surface area (Å²) < 4.78 is 22.8. The topological polar surface area (TPSA) is 159 Å². The van der Waals surface area contributed by atoms with E-state index < -0.39 is 10.0 Å². The minimum atomic E-state index is -3.76. The molecule has 1 aromatic carbocycles. The summed E-state index contributed by atoms with van der Waals surface area (Å²) in [6, 6.07) is 6.03. The van der Waals surface area contributed by atoms with Crippen molar-refractivity contribution < 1.29 is 18.3 Å². The molecule has 34 heavy (non-hydrogen) atoms. The summed E-state index contributed by atoms with van der Waals surface area (Å²) >= 11 is 0. The fourth-order valence-electron chi connectivity index (χ4n) is 3.81. The Kier molecular flexibility index (Phi) is 9.20. The van der Waals surface area contributed by atoms with Crippen molar-refractivity contribution in [2.24, 2.45) is 11.1 Å². The number of rotatable bonds is 11.